The lowest BCUT2D eigenvalue weighted by molar-refractivity contribution is 0.0325. The van der Waals surface area contributed by atoms with E-state index >= 15 is 0 Å². The zero-order valence-electron chi connectivity index (χ0n) is 20.8. The first kappa shape index (κ1) is 25.3. The minimum atomic E-state index is -0.356. The predicted molar refractivity (Wildman–Crippen MR) is 136 cm³/mol. The third-order valence-corrected chi connectivity index (χ3v) is 6.51. The Morgan fingerprint density at radius 2 is 2.08 bits per heavy atom. The van der Waals surface area contributed by atoms with Crippen molar-refractivity contribution in [3.63, 3.8) is 0 Å². The van der Waals surface area contributed by atoms with E-state index in [1.165, 1.54) is 0 Å². The standard InChI is InChI=1S/C28H31N5O3/c1-19-15-33(20(2)18-34)28(35)25-11-24(23-8-4-6-21(10-23)12-29)14-31-27(25)36-26(19)17-32(3)16-22-7-5-9-30-13-22/h4-11,13-14,19-20,26,34H,15-18H2,1-3H3/t19-,20+,26-/m1/s1. The number of amides is 1. The summed E-state index contributed by atoms with van der Waals surface area (Å²) in [5.74, 6) is 0.0502. The van der Waals surface area contributed by atoms with Gasteiger partial charge in [-0.15, -0.1) is 0 Å². The van der Waals surface area contributed by atoms with Crippen LogP contribution in [0.1, 0.15) is 35.3 Å². The number of aliphatic hydroxyl groups is 1. The van der Waals surface area contributed by atoms with Gasteiger partial charge in [-0.25, -0.2) is 4.98 Å². The number of benzene rings is 1. The van der Waals surface area contributed by atoms with E-state index in [4.69, 9.17) is 4.74 Å². The SMILES string of the molecule is C[C@@H]1CN([C@@H](C)CO)C(=O)c2cc(-c3cccc(C#N)c3)cnc2O[C@@H]1CN(C)Cc1cccnc1. The van der Waals surface area contributed by atoms with Gasteiger partial charge in [0, 0.05) is 49.7 Å². The first-order valence-corrected chi connectivity index (χ1v) is 12.1. The molecule has 1 aliphatic heterocycles. The van der Waals surface area contributed by atoms with Gasteiger partial charge in [0.15, 0.2) is 0 Å². The van der Waals surface area contributed by atoms with Crippen molar-refractivity contribution in [2.24, 2.45) is 5.92 Å². The minimum absolute atomic E-state index is 0.00114. The van der Waals surface area contributed by atoms with Gasteiger partial charge in [-0.1, -0.05) is 25.1 Å². The predicted octanol–water partition coefficient (Wildman–Crippen LogP) is 3.37. The number of hydrogen-bond acceptors (Lipinski definition) is 7. The highest BCUT2D eigenvalue weighted by Crippen LogP contribution is 2.30. The Morgan fingerprint density at radius 3 is 2.81 bits per heavy atom. The summed E-state index contributed by atoms with van der Waals surface area (Å²) in [7, 11) is 2.03. The normalized spacial score (nSPS) is 18.6. The van der Waals surface area contributed by atoms with Crippen LogP contribution in [0.5, 0.6) is 5.88 Å². The van der Waals surface area contributed by atoms with Gasteiger partial charge in [-0.2, -0.15) is 5.26 Å². The van der Waals surface area contributed by atoms with E-state index < -0.39 is 0 Å². The van der Waals surface area contributed by atoms with Crippen molar-refractivity contribution >= 4 is 5.91 Å². The first-order valence-electron chi connectivity index (χ1n) is 12.1. The van der Waals surface area contributed by atoms with Crippen molar-refractivity contribution in [2.45, 2.75) is 32.5 Å². The quantitative estimate of drug-likeness (QED) is 0.547. The summed E-state index contributed by atoms with van der Waals surface area (Å²) < 4.78 is 6.39. The van der Waals surface area contributed by atoms with Crippen molar-refractivity contribution in [3.05, 3.63) is 77.7 Å². The lowest BCUT2D eigenvalue weighted by Crippen LogP contribution is -2.49. The van der Waals surface area contributed by atoms with Crippen LogP contribution in [-0.2, 0) is 6.54 Å². The highest BCUT2D eigenvalue weighted by atomic mass is 16.5. The molecule has 0 saturated heterocycles. The molecular weight excluding hydrogens is 454 g/mol. The molecule has 1 amide bonds. The van der Waals surface area contributed by atoms with Crippen molar-refractivity contribution in [1.29, 1.82) is 5.26 Å². The van der Waals surface area contributed by atoms with E-state index in [1.54, 1.807) is 41.6 Å². The Balaban J connectivity index is 1.67. The molecule has 3 heterocycles. The molecule has 0 spiro atoms. The molecule has 0 saturated carbocycles. The number of pyridine rings is 2. The van der Waals surface area contributed by atoms with E-state index in [9.17, 15) is 15.2 Å². The van der Waals surface area contributed by atoms with E-state index in [0.717, 1.165) is 16.7 Å². The van der Waals surface area contributed by atoms with Crippen LogP contribution in [0.15, 0.2) is 61.1 Å². The first-order chi connectivity index (χ1) is 17.4. The lowest BCUT2D eigenvalue weighted by atomic mass is 9.98. The average Bonchev–Trinajstić information content (AvgIpc) is 2.90. The summed E-state index contributed by atoms with van der Waals surface area (Å²) in [5, 5.41) is 19.2. The van der Waals surface area contributed by atoms with Crippen LogP contribution < -0.4 is 4.74 Å². The van der Waals surface area contributed by atoms with Gasteiger partial charge < -0.3 is 14.7 Å². The maximum absolute atomic E-state index is 13.6. The van der Waals surface area contributed by atoms with Gasteiger partial charge in [-0.05, 0) is 49.4 Å². The third kappa shape index (κ3) is 5.70. The van der Waals surface area contributed by atoms with Crippen LogP contribution in [0.25, 0.3) is 11.1 Å². The number of nitrogens with zero attached hydrogens (tertiary/aromatic N) is 5. The second kappa shape index (κ2) is 11.3. The van der Waals surface area contributed by atoms with Crippen LogP contribution in [-0.4, -0.2) is 69.7 Å². The molecule has 0 fully saturated rings. The third-order valence-electron chi connectivity index (χ3n) is 6.51. The number of aliphatic hydroxyl groups excluding tert-OH is 1. The number of carbonyl (C=O) groups is 1. The number of rotatable bonds is 7. The maximum atomic E-state index is 13.6. The summed E-state index contributed by atoms with van der Waals surface area (Å²) in [6.07, 6.45) is 5.05. The Morgan fingerprint density at radius 1 is 1.25 bits per heavy atom. The Bertz CT molecular complexity index is 1240. The van der Waals surface area contributed by atoms with E-state index in [2.05, 4.69) is 27.9 Å². The second-order valence-electron chi connectivity index (χ2n) is 9.45. The van der Waals surface area contributed by atoms with Gasteiger partial charge in [0.25, 0.3) is 5.91 Å². The van der Waals surface area contributed by atoms with Crippen LogP contribution in [0.2, 0.25) is 0 Å². The minimum Gasteiger partial charge on any atom is -0.472 e. The molecule has 1 aromatic carbocycles. The van der Waals surface area contributed by atoms with E-state index in [1.807, 2.05) is 38.4 Å². The summed E-state index contributed by atoms with van der Waals surface area (Å²) in [6, 6.07) is 14.7. The molecule has 0 unspecified atom stereocenters. The van der Waals surface area contributed by atoms with Crippen molar-refractivity contribution in [3.8, 4) is 23.1 Å². The van der Waals surface area contributed by atoms with Gasteiger partial charge in [0.1, 0.15) is 11.7 Å². The topological polar surface area (TPSA) is 103 Å². The van der Waals surface area contributed by atoms with Crippen molar-refractivity contribution in [1.82, 2.24) is 19.8 Å². The summed E-state index contributed by atoms with van der Waals surface area (Å²) in [6.45, 7) is 5.53. The Labute approximate surface area is 211 Å². The van der Waals surface area contributed by atoms with Crippen LogP contribution in [0, 0.1) is 17.2 Å². The van der Waals surface area contributed by atoms with Crippen molar-refractivity contribution < 1.29 is 14.6 Å². The van der Waals surface area contributed by atoms with Gasteiger partial charge in [0.05, 0.1) is 24.3 Å². The number of nitriles is 1. The summed E-state index contributed by atoms with van der Waals surface area (Å²) in [4.78, 5) is 26.3. The van der Waals surface area contributed by atoms with Crippen LogP contribution >= 0.6 is 0 Å². The molecule has 0 aliphatic carbocycles. The molecule has 4 rings (SSSR count). The molecule has 3 aromatic rings. The van der Waals surface area contributed by atoms with Crippen LogP contribution in [0.3, 0.4) is 0 Å². The highest BCUT2D eigenvalue weighted by Gasteiger charge is 2.34. The lowest BCUT2D eigenvalue weighted by Gasteiger charge is -2.37. The van der Waals surface area contributed by atoms with Crippen molar-refractivity contribution in [2.75, 3.05) is 26.7 Å². The fourth-order valence-corrected chi connectivity index (χ4v) is 4.42. The van der Waals surface area contributed by atoms with Gasteiger partial charge in [0.2, 0.25) is 5.88 Å². The molecule has 2 aromatic heterocycles. The van der Waals surface area contributed by atoms with Gasteiger partial charge in [-0.3, -0.25) is 14.7 Å². The molecule has 8 nitrogen and oxygen atoms in total. The monoisotopic (exact) mass is 485 g/mol. The highest BCUT2D eigenvalue weighted by molar-refractivity contribution is 5.98. The molecule has 1 N–H and O–H groups in total. The molecular formula is C28H31N5O3. The molecule has 0 radical (unpaired) electrons. The fraction of sp³-hybridized carbons (Fsp3) is 0.357. The van der Waals surface area contributed by atoms with Crippen LogP contribution in [0.4, 0.5) is 0 Å². The molecule has 8 heteroatoms. The second-order valence-corrected chi connectivity index (χ2v) is 9.45. The largest absolute Gasteiger partial charge is 0.472 e. The molecule has 36 heavy (non-hydrogen) atoms. The number of ether oxygens (including phenoxy) is 1. The van der Waals surface area contributed by atoms with E-state index in [-0.39, 0.29) is 36.5 Å². The number of hydrogen-bond donors (Lipinski definition) is 1. The molecule has 3 atom stereocenters. The van der Waals surface area contributed by atoms with E-state index in [0.29, 0.717) is 30.8 Å². The van der Waals surface area contributed by atoms with Gasteiger partial charge >= 0.3 is 0 Å². The zero-order valence-corrected chi connectivity index (χ0v) is 20.8. The Hall–Kier alpha value is -3.80. The molecule has 186 valence electrons. The summed E-state index contributed by atoms with van der Waals surface area (Å²) >= 11 is 0. The maximum Gasteiger partial charge on any atom is 0.259 e. The number of likely N-dealkylation sites (N-methyl/N-ethyl adjacent to an activating group) is 1. The zero-order chi connectivity index (χ0) is 25.7. The molecule has 0 bridgehead atoms. The number of aromatic nitrogens is 2. The number of carbonyl (C=O) groups excluding carboxylic acids is 1. The average molecular weight is 486 g/mol. The number of fused-ring (bicyclic) bond motifs is 1. The smallest absolute Gasteiger partial charge is 0.259 e. The molecule has 1 aliphatic rings. The fourth-order valence-electron chi connectivity index (χ4n) is 4.42. The summed E-state index contributed by atoms with van der Waals surface area (Å²) in [5.41, 5.74) is 3.50. The Kier molecular flexibility index (Phi) is 7.93.